The molecule has 0 aromatic heterocycles. The molecule has 0 fully saturated rings. The second-order valence-electron chi connectivity index (χ2n) is 3.89. The Morgan fingerprint density at radius 3 is 2.41 bits per heavy atom. The SMILES string of the molecule is CCC(CC)N(CCN)C(=O)COCCOC. The summed E-state index contributed by atoms with van der Waals surface area (Å²) >= 11 is 0. The number of methoxy groups -OCH3 is 1. The molecule has 0 aliphatic rings. The molecule has 0 aliphatic heterocycles. The average Bonchev–Trinajstić information content (AvgIpc) is 2.34. The average molecular weight is 246 g/mol. The summed E-state index contributed by atoms with van der Waals surface area (Å²) in [5.74, 6) is 0.0141. The van der Waals surface area contributed by atoms with Gasteiger partial charge in [0.1, 0.15) is 6.61 Å². The van der Waals surface area contributed by atoms with Crippen LogP contribution in [0, 0.1) is 0 Å². The standard InChI is InChI=1S/C12H26N2O3/c1-4-11(5-2)14(7-6-13)12(15)10-17-9-8-16-3/h11H,4-10,13H2,1-3H3. The number of rotatable bonds is 10. The molecule has 0 unspecified atom stereocenters. The zero-order chi connectivity index (χ0) is 13.1. The van der Waals surface area contributed by atoms with Gasteiger partial charge in [0.15, 0.2) is 0 Å². The third kappa shape index (κ3) is 6.61. The Labute approximate surface area is 104 Å². The monoisotopic (exact) mass is 246 g/mol. The van der Waals surface area contributed by atoms with Gasteiger partial charge in [-0.2, -0.15) is 0 Å². The highest BCUT2D eigenvalue weighted by Gasteiger charge is 2.19. The van der Waals surface area contributed by atoms with Crippen molar-refractivity contribution in [2.45, 2.75) is 32.7 Å². The van der Waals surface area contributed by atoms with Crippen molar-refractivity contribution in [1.29, 1.82) is 0 Å². The number of ether oxygens (including phenoxy) is 2. The van der Waals surface area contributed by atoms with Crippen LogP contribution in [-0.2, 0) is 14.3 Å². The maximum absolute atomic E-state index is 12.0. The molecule has 0 spiro atoms. The van der Waals surface area contributed by atoms with Gasteiger partial charge < -0.3 is 20.1 Å². The summed E-state index contributed by atoms with van der Waals surface area (Å²) in [6.07, 6.45) is 1.89. The van der Waals surface area contributed by atoms with Gasteiger partial charge in [0, 0.05) is 26.2 Å². The highest BCUT2D eigenvalue weighted by Crippen LogP contribution is 2.08. The second-order valence-corrected chi connectivity index (χ2v) is 3.89. The van der Waals surface area contributed by atoms with E-state index in [0.29, 0.717) is 26.3 Å². The van der Waals surface area contributed by atoms with Gasteiger partial charge in [-0.25, -0.2) is 0 Å². The number of amides is 1. The quantitative estimate of drug-likeness (QED) is 0.574. The Morgan fingerprint density at radius 1 is 1.29 bits per heavy atom. The van der Waals surface area contributed by atoms with E-state index < -0.39 is 0 Å². The fraction of sp³-hybridized carbons (Fsp3) is 0.917. The zero-order valence-electron chi connectivity index (χ0n) is 11.3. The van der Waals surface area contributed by atoms with E-state index in [2.05, 4.69) is 13.8 Å². The number of nitrogens with zero attached hydrogens (tertiary/aromatic N) is 1. The van der Waals surface area contributed by atoms with Crippen molar-refractivity contribution in [3.63, 3.8) is 0 Å². The van der Waals surface area contributed by atoms with E-state index in [1.165, 1.54) is 0 Å². The van der Waals surface area contributed by atoms with Crippen LogP contribution in [0.1, 0.15) is 26.7 Å². The van der Waals surface area contributed by atoms with Crippen molar-refractivity contribution in [3.05, 3.63) is 0 Å². The highest BCUT2D eigenvalue weighted by molar-refractivity contribution is 5.77. The van der Waals surface area contributed by atoms with Crippen molar-refractivity contribution in [2.24, 2.45) is 5.73 Å². The van der Waals surface area contributed by atoms with Crippen LogP contribution in [0.25, 0.3) is 0 Å². The van der Waals surface area contributed by atoms with E-state index in [9.17, 15) is 4.79 Å². The Morgan fingerprint density at radius 2 is 1.94 bits per heavy atom. The molecule has 0 radical (unpaired) electrons. The molecule has 5 heteroatoms. The number of hydrogen-bond acceptors (Lipinski definition) is 4. The number of carbonyl (C=O) groups excluding carboxylic acids is 1. The van der Waals surface area contributed by atoms with Crippen LogP contribution in [0.3, 0.4) is 0 Å². The molecule has 0 aromatic carbocycles. The van der Waals surface area contributed by atoms with Crippen molar-refractivity contribution in [3.8, 4) is 0 Å². The predicted octanol–water partition coefficient (Wildman–Crippen LogP) is 0.625. The van der Waals surface area contributed by atoms with Crippen LogP contribution in [0.15, 0.2) is 0 Å². The summed E-state index contributed by atoms with van der Waals surface area (Å²) in [5, 5.41) is 0. The summed E-state index contributed by atoms with van der Waals surface area (Å²) in [4.78, 5) is 13.8. The first-order valence-electron chi connectivity index (χ1n) is 6.27. The molecular formula is C12H26N2O3. The van der Waals surface area contributed by atoms with Crippen LogP contribution in [0.2, 0.25) is 0 Å². The molecule has 0 saturated heterocycles. The molecule has 0 aromatic rings. The van der Waals surface area contributed by atoms with E-state index in [1.54, 1.807) is 7.11 Å². The molecule has 2 N–H and O–H groups in total. The Balaban J connectivity index is 4.13. The summed E-state index contributed by atoms with van der Waals surface area (Å²) in [5.41, 5.74) is 5.54. The third-order valence-corrected chi connectivity index (χ3v) is 2.73. The van der Waals surface area contributed by atoms with Crippen LogP contribution in [0.4, 0.5) is 0 Å². The lowest BCUT2D eigenvalue weighted by molar-refractivity contribution is -0.139. The van der Waals surface area contributed by atoms with E-state index >= 15 is 0 Å². The molecule has 0 atom stereocenters. The zero-order valence-corrected chi connectivity index (χ0v) is 11.3. The molecule has 0 aliphatic carbocycles. The molecule has 17 heavy (non-hydrogen) atoms. The van der Waals surface area contributed by atoms with Crippen LogP contribution in [-0.4, -0.2) is 56.9 Å². The highest BCUT2D eigenvalue weighted by atomic mass is 16.5. The first-order valence-corrected chi connectivity index (χ1v) is 6.27. The van der Waals surface area contributed by atoms with Crippen molar-refractivity contribution < 1.29 is 14.3 Å². The molecule has 0 rings (SSSR count). The lowest BCUT2D eigenvalue weighted by Gasteiger charge is -2.30. The second kappa shape index (κ2) is 10.5. The van der Waals surface area contributed by atoms with E-state index in [4.69, 9.17) is 15.2 Å². The molecule has 102 valence electrons. The van der Waals surface area contributed by atoms with Crippen LogP contribution in [0.5, 0.6) is 0 Å². The van der Waals surface area contributed by atoms with Crippen LogP contribution >= 0.6 is 0 Å². The van der Waals surface area contributed by atoms with Gasteiger partial charge in [0.25, 0.3) is 0 Å². The maximum atomic E-state index is 12.0. The molecule has 1 amide bonds. The smallest absolute Gasteiger partial charge is 0.248 e. The topological polar surface area (TPSA) is 64.8 Å². The van der Waals surface area contributed by atoms with E-state index in [0.717, 1.165) is 12.8 Å². The van der Waals surface area contributed by atoms with Gasteiger partial charge in [-0.05, 0) is 12.8 Å². The number of nitrogens with two attached hydrogens (primary N) is 1. The van der Waals surface area contributed by atoms with E-state index in [1.807, 2.05) is 4.90 Å². The van der Waals surface area contributed by atoms with Crippen molar-refractivity contribution >= 4 is 5.91 Å². The van der Waals surface area contributed by atoms with Crippen molar-refractivity contribution in [2.75, 3.05) is 40.0 Å². The van der Waals surface area contributed by atoms with Gasteiger partial charge in [-0.3, -0.25) is 4.79 Å². The Kier molecular flexibility index (Phi) is 10.1. The first-order chi connectivity index (χ1) is 8.21. The fourth-order valence-corrected chi connectivity index (χ4v) is 1.76. The molecule has 0 saturated carbocycles. The Hall–Kier alpha value is -0.650. The fourth-order valence-electron chi connectivity index (χ4n) is 1.76. The minimum atomic E-state index is 0.0141. The maximum Gasteiger partial charge on any atom is 0.248 e. The molecule has 0 heterocycles. The predicted molar refractivity (Wildman–Crippen MR) is 67.8 cm³/mol. The van der Waals surface area contributed by atoms with Gasteiger partial charge in [-0.1, -0.05) is 13.8 Å². The van der Waals surface area contributed by atoms with Gasteiger partial charge >= 0.3 is 0 Å². The van der Waals surface area contributed by atoms with Crippen LogP contribution < -0.4 is 5.73 Å². The Bertz CT molecular complexity index is 196. The first kappa shape index (κ1) is 16.4. The summed E-state index contributed by atoms with van der Waals surface area (Å²) < 4.78 is 10.1. The van der Waals surface area contributed by atoms with Gasteiger partial charge in [0.05, 0.1) is 13.2 Å². The largest absolute Gasteiger partial charge is 0.382 e. The lowest BCUT2D eigenvalue weighted by atomic mass is 10.1. The minimum Gasteiger partial charge on any atom is -0.382 e. The minimum absolute atomic E-state index is 0.0141. The summed E-state index contributed by atoms with van der Waals surface area (Å²) in [6, 6.07) is 0.261. The normalized spacial score (nSPS) is 10.9. The summed E-state index contributed by atoms with van der Waals surface area (Å²) in [7, 11) is 1.61. The molecular weight excluding hydrogens is 220 g/mol. The van der Waals surface area contributed by atoms with Gasteiger partial charge in [0.2, 0.25) is 5.91 Å². The third-order valence-electron chi connectivity index (χ3n) is 2.73. The number of hydrogen-bond donors (Lipinski definition) is 1. The molecule has 0 bridgehead atoms. The molecule has 5 nitrogen and oxygen atoms in total. The van der Waals surface area contributed by atoms with E-state index in [-0.39, 0.29) is 18.6 Å². The lowest BCUT2D eigenvalue weighted by Crippen LogP contribution is -2.44. The van der Waals surface area contributed by atoms with Gasteiger partial charge in [-0.15, -0.1) is 0 Å². The summed E-state index contributed by atoms with van der Waals surface area (Å²) in [6.45, 7) is 6.31. The number of carbonyl (C=O) groups is 1. The van der Waals surface area contributed by atoms with Crippen molar-refractivity contribution in [1.82, 2.24) is 4.90 Å².